The number of hydrogen-bond donors (Lipinski definition) is 1. The Morgan fingerprint density at radius 3 is 2.19 bits per heavy atom. The zero-order valence-corrected chi connectivity index (χ0v) is 15.0. The highest BCUT2D eigenvalue weighted by molar-refractivity contribution is 8.00. The highest BCUT2D eigenvalue weighted by Gasteiger charge is 2.07. The van der Waals surface area contributed by atoms with Crippen molar-refractivity contribution in [3.63, 3.8) is 0 Å². The summed E-state index contributed by atoms with van der Waals surface area (Å²) in [4.78, 5) is 23.0. The van der Waals surface area contributed by atoms with Gasteiger partial charge < -0.3 is 10.1 Å². The van der Waals surface area contributed by atoms with E-state index in [1.54, 1.807) is 36.4 Å². The summed E-state index contributed by atoms with van der Waals surface area (Å²) < 4.78 is 5.71. The maximum atomic E-state index is 12.1. The highest BCUT2D eigenvalue weighted by atomic mass is 32.2. The lowest BCUT2D eigenvalue weighted by molar-refractivity contribution is -0.384. The van der Waals surface area contributed by atoms with Crippen molar-refractivity contribution >= 4 is 29.0 Å². The van der Waals surface area contributed by atoms with Gasteiger partial charge in [-0.2, -0.15) is 0 Å². The Balaban J connectivity index is 1.49. The number of anilines is 1. The summed E-state index contributed by atoms with van der Waals surface area (Å²) in [5, 5.41) is 13.4. The molecule has 0 bridgehead atoms. The fourth-order valence-electron chi connectivity index (χ4n) is 2.24. The topological polar surface area (TPSA) is 81.5 Å². The van der Waals surface area contributed by atoms with Crippen LogP contribution in [0.4, 0.5) is 11.4 Å². The summed E-state index contributed by atoms with van der Waals surface area (Å²) in [6.07, 6.45) is 0. The van der Waals surface area contributed by atoms with Gasteiger partial charge in [-0.05, 0) is 48.5 Å². The number of rotatable bonds is 7. The summed E-state index contributed by atoms with van der Waals surface area (Å²) in [6.45, 7) is 0. The van der Waals surface area contributed by atoms with E-state index < -0.39 is 4.92 Å². The number of para-hydroxylation sites is 1. The summed E-state index contributed by atoms with van der Waals surface area (Å²) in [5.74, 6) is 1.48. The molecule has 0 atom stereocenters. The van der Waals surface area contributed by atoms with Crippen molar-refractivity contribution in [3.05, 3.63) is 89.0 Å². The van der Waals surface area contributed by atoms with Crippen LogP contribution in [-0.4, -0.2) is 16.6 Å². The molecule has 3 aromatic rings. The number of nitro groups is 1. The second-order valence-electron chi connectivity index (χ2n) is 5.53. The van der Waals surface area contributed by atoms with Crippen molar-refractivity contribution in [2.75, 3.05) is 11.1 Å². The van der Waals surface area contributed by atoms with Crippen LogP contribution >= 0.6 is 11.8 Å². The first-order chi connectivity index (χ1) is 13.1. The molecule has 7 heteroatoms. The fraction of sp³-hybridized carbons (Fsp3) is 0.0500. The molecule has 0 heterocycles. The molecule has 6 nitrogen and oxygen atoms in total. The van der Waals surface area contributed by atoms with E-state index in [-0.39, 0.29) is 17.3 Å². The molecule has 0 aliphatic carbocycles. The van der Waals surface area contributed by atoms with Gasteiger partial charge in [-0.15, -0.1) is 11.8 Å². The Bertz CT molecular complexity index is 913. The van der Waals surface area contributed by atoms with E-state index >= 15 is 0 Å². The Morgan fingerprint density at radius 1 is 0.926 bits per heavy atom. The van der Waals surface area contributed by atoms with E-state index in [4.69, 9.17) is 4.74 Å². The summed E-state index contributed by atoms with van der Waals surface area (Å²) in [6, 6.07) is 22.7. The molecule has 0 aromatic heterocycles. The van der Waals surface area contributed by atoms with Gasteiger partial charge in [-0.25, -0.2) is 0 Å². The number of ether oxygens (including phenoxy) is 1. The number of thioether (sulfide) groups is 1. The van der Waals surface area contributed by atoms with E-state index in [2.05, 4.69) is 5.32 Å². The van der Waals surface area contributed by atoms with Crippen LogP contribution in [0, 0.1) is 10.1 Å². The van der Waals surface area contributed by atoms with Crippen molar-refractivity contribution in [2.24, 2.45) is 0 Å². The van der Waals surface area contributed by atoms with Crippen LogP contribution in [0.2, 0.25) is 0 Å². The van der Waals surface area contributed by atoms with Crippen molar-refractivity contribution in [3.8, 4) is 11.5 Å². The van der Waals surface area contributed by atoms with E-state index in [9.17, 15) is 14.9 Å². The van der Waals surface area contributed by atoms with Crippen molar-refractivity contribution in [2.45, 2.75) is 4.90 Å². The SMILES string of the molecule is O=C(CSc1ccc([N+](=O)[O-])cc1)Nc1ccc(Oc2ccccc2)cc1. The molecule has 0 radical (unpaired) electrons. The molecule has 3 rings (SSSR count). The molecule has 0 unspecified atom stereocenters. The normalized spacial score (nSPS) is 10.2. The first-order valence-electron chi connectivity index (χ1n) is 8.10. The molecule has 0 saturated heterocycles. The number of amides is 1. The van der Waals surface area contributed by atoms with Crippen LogP contribution in [-0.2, 0) is 4.79 Å². The number of carbonyl (C=O) groups is 1. The third-order valence-electron chi connectivity index (χ3n) is 3.53. The van der Waals surface area contributed by atoms with Crippen molar-refractivity contribution < 1.29 is 14.5 Å². The van der Waals surface area contributed by atoms with Crippen molar-refractivity contribution in [1.29, 1.82) is 0 Å². The zero-order valence-electron chi connectivity index (χ0n) is 14.2. The predicted molar refractivity (Wildman–Crippen MR) is 105 cm³/mol. The van der Waals surface area contributed by atoms with E-state index in [1.807, 2.05) is 30.3 Å². The minimum absolute atomic E-state index is 0.0293. The second-order valence-corrected chi connectivity index (χ2v) is 6.58. The average molecular weight is 380 g/mol. The molecule has 136 valence electrons. The minimum Gasteiger partial charge on any atom is -0.457 e. The van der Waals surface area contributed by atoms with Crippen LogP contribution < -0.4 is 10.1 Å². The molecular weight excluding hydrogens is 364 g/mol. The Morgan fingerprint density at radius 2 is 1.56 bits per heavy atom. The number of hydrogen-bond acceptors (Lipinski definition) is 5. The van der Waals surface area contributed by atoms with Gasteiger partial charge in [0.15, 0.2) is 0 Å². The third-order valence-corrected chi connectivity index (χ3v) is 4.55. The monoisotopic (exact) mass is 380 g/mol. The molecule has 0 fully saturated rings. The summed E-state index contributed by atoms with van der Waals surface area (Å²) in [7, 11) is 0. The predicted octanol–water partition coefficient (Wildman–Crippen LogP) is 5.12. The van der Waals surface area contributed by atoms with E-state index in [0.717, 1.165) is 10.6 Å². The first kappa shape index (κ1) is 18.5. The van der Waals surface area contributed by atoms with Gasteiger partial charge >= 0.3 is 0 Å². The van der Waals surface area contributed by atoms with Crippen LogP contribution in [0.3, 0.4) is 0 Å². The largest absolute Gasteiger partial charge is 0.457 e. The summed E-state index contributed by atoms with van der Waals surface area (Å²) in [5.41, 5.74) is 0.700. The maximum Gasteiger partial charge on any atom is 0.269 e. The Hall–Kier alpha value is -3.32. The smallest absolute Gasteiger partial charge is 0.269 e. The first-order valence-corrected chi connectivity index (χ1v) is 9.09. The molecule has 1 amide bonds. The van der Waals surface area contributed by atoms with E-state index in [0.29, 0.717) is 11.4 Å². The van der Waals surface area contributed by atoms with E-state index in [1.165, 1.54) is 23.9 Å². The molecule has 0 aliphatic rings. The van der Waals surface area contributed by atoms with Gasteiger partial charge in [0.05, 0.1) is 10.7 Å². The van der Waals surface area contributed by atoms with Gasteiger partial charge in [0.25, 0.3) is 5.69 Å². The van der Waals surface area contributed by atoms with Crippen LogP contribution in [0.1, 0.15) is 0 Å². The quantitative estimate of drug-likeness (QED) is 0.350. The molecule has 3 aromatic carbocycles. The van der Waals surface area contributed by atoms with Gasteiger partial charge in [0.2, 0.25) is 5.91 Å². The number of nitro benzene ring substituents is 1. The number of non-ortho nitro benzene ring substituents is 1. The third kappa shape index (κ3) is 5.58. The number of nitrogens with one attached hydrogen (secondary N) is 1. The number of carbonyl (C=O) groups excluding carboxylic acids is 1. The van der Waals surface area contributed by atoms with Crippen LogP contribution in [0.5, 0.6) is 11.5 Å². The lowest BCUT2D eigenvalue weighted by atomic mass is 10.3. The van der Waals surface area contributed by atoms with Crippen molar-refractivity contribution in [1.82, 2.24) is 0 Å². The maximum absolute atomic E-state index is 12.1. The van der Waals surface area contributed by atoms with Crippen LogP contribution in [0.15, 0.2) is 83.8 Å². The molecule has 1 N–H and O–H groups in total. The zero-order chi connectivity index (χ0) is 19.1. The minimum atomic E-state index is -0.452. The standard InChI is InChI=1S/C20H16N2O4S/c23-20(14-27-19-12-8-16(9-13-19)22(24)25)21-15-6-10-18(11-7-15)26-17-4-2-1-3-5-17/h1-13H,14H2,(H,21,23). The summed E-state index contributed by atoms with van der Waals surface area (Å²) >= 11 is 1.31. The second kappa shape index (κ2) is 8.86. The Labute approximate surface area is 160 Å². The Kier molecular flexibility index (Phi) is 6.06. The van der Waals surface area contributed by atoms with Gasteiger partial charge in [0.1, 0.15) is 11.5 Å². The highest BCUT2D eigenvalue weighted by Crippen LogP contribution is 2.24. The lowest BCUT2D eigenvalue weighted by Gasteiger charge is -2.08. The lowest BCUT2D eigenvalue weighted by Crippen LogP contribution is -2.13. The average Bonchev–Trinajstić information content (AvgIpc) is 2.69. The number of nitrogens with zero attached hydrogens (tertiary/aromatic N) is 1. The molecule has 27 heavy (non-hydrogen) atoms. The molecule has 0 aliphatic heterocycles. The fourth-order valence-corrected chi connectivity index (χ4v) is 2.94. The molecule has 0 saturated carbocycles. The molecule has 0 spiro atoms. The molecular formula is C20H16N2O4S. The van der Waals surface area contributed by atoms with Gasteiger partial charge in [-0.3, -0.25) is 14.9 Å². The van der Waals surface area contributed by atoms with Gasteiger partial charge in [-0.1, -0.05) is 18.2 Å². The van der Waals surface area contributed by atoms with Crippen LogP contribution in [0.25, 0.3) is 0 Å². The number of benzene rings is 3. The van der Waals surface area contributed by atoms with Gasteiger partial charge in [0, 0.05) is 22.7 Å².